The molecule has 3 N–H and O–H groups in total. The van der Waals surface area contributed by atoms with Gasteiger partial charge in [0, 0.05) is 48.6 Å². The molecule has 0 spiro atoms. The molecular weight excluding hydrogens is 364 g/mol. The van der Waals surface area contributed by atoms with E-state index in [0.717, 1.165) is 22.7 Å². The Hall–Kier alpha value is -3.67. The SMILES string of the molecule is N=C(N)c1ccc(C(=O)N2CCN(c3ccc4ccccc4c3C=O)CC2)cc1. The average molecular weight is 386 g/mol. The van der Waals surface area contributed by atoms with E-state index in [-0.39, 0.29) is 11.7 Å². The highest BCUT2D eigenvalue weighted by Crippen LogP contribution is 2.28. The van der Waals surface area contributed by atoms with Crippen molar-refractivity contribution in [3.05, 3.63) is 77.4 Å². The Labute approximate surface area is 169 Å². The second kappa shape index (κ2) is 7.75. The van der Waals surface area contributed by atoms with Crippen molar-refractivity contribution in [1.29, 1.82) is 5.41 Å². The molecule has 1 aliphatic rings. The number of fused-ring (bicyclic) bond motifs is 1. The first kappa shape index (κ1) is 18.7. The molecular formula is C23H22N4O2. The summed E-state index contributed by atoms with van der Waals surface area (Å²) in [6, 6.07) is 18.7. The van der Waals surface area contributed by atoms with Crippen molar-refractivity contribution in [3.8, 4) is 0 Å². The summed E-state index contributed by atoms with van der Waals surface area (Å²) in [4.78, 5) is 28.6. The molecule has 0 saturated carbocycles. The number of rotatable bonds is 4. The molecule has 3 aromatic rings. The van der Waals surface area contributed by atoms with Gasteiger partial charge in [0.1, 0.15) is 5.84 Å². The zero-order chi connectivity index (χ0) is 20.4. The second-order valence-corrected chi connectivity index (χ2v) is 7.11. The van der Waals surface area contributed by atoms with Crippen molar-refractivity contribution in [2.24, 2.45) is 5.73 Å². The van der Waals surface area contributed by atoms with E-state index >= 15 is 0 Å². The number of amidine groups is 1. The Morgan fingerprint density at radius 1 is 0.897 bits per heavy atom. The van der Waals surface area contributed by atoms with Crippen molar-refractivity contribution >= 4 is 34.5 Å². The molecule has 6 heteroatoms. The van der Waals surface area contributed by atoms with Crippen LogP contribution in [0.2, 0.25) is 0 Å². The van der Waals surface area contributed by atoms with Crippen LogP contribution in [0.1, 0.15) is 26.3 Å². The quantitative estimate of drug-likeness (QED) is 0.410. The van der Waals surface area contributed by atoms with Crippen molar-refractivity contribution in [1.82, 2.24) is 4.90 Å². The van der Waals surface area contributed by atoms with E-state index in [9.17, 15) is 9.59 Å². The molecule has 0 aromatic heterocycles. The smallest absolute Gasteiger partial charge is 0.253 e. The molecule has 29 heavy (non-hydrogen) atoms. The van der Waals surface area contributed by atoms with Crippen LogP contribution >= 0.6 is 0 Å². The lowest BCUT2D eigenvalue weighted by molar-refractivity contribution is 0.0746. The van der Waals surface area contributed by atoms with Crippen molar-refractivity contribution in [2.45, 2.75) is 0 Å². The second-order valence-electron chi connectivity index (χ2n) is 7.11. The van der Waals surface area contributed by atoms with Crippen LogP contribution < -0.4 is 10.6 Å². The van der Waals surface area contributed by atoms with E-state index in [0.29, 0.717) is 42.9 Å². The topological polar surface area (TPSA) is 90.5 Å². The monoisotopic (exact) mass is 386 g/mol. The van der Waals surface area contributed by atoms with Gasteiger partial charge in [-0.3, -0.25) is 15.0 Å². The molecule has 4 rings (SSSR count). The zero-order valence-electron chi connectivity index (χ0n) is 16.0. The number of anilines is 1. The first-order chi connectivity index (χ1) is 14.1. The highest BCUT2D eigenvalue weighted by atomic mass is 16.2. The van der Waals surface area contributed by atoms with Gasteiger partial charge in [0.05, 0.1) is 0 Å². The number of amides is 1. The summed E-state index contributed by atoms with van der Waals surface area (Å²) in [6.07, 6.45) is 0.922. The molecule has 1 saturated heterocycles. The summed E-state index contributed by atoms with van der Waals surface area (Å²) in [5.74, 6) is -0.0483. The summed E-state index contributed by atoms with van der Waals surface area (Å²) in [7, 11) is 0. The van der Waals surface area contributed by atoms with Gasteiger partial charge in [0.2, 0.25) is 0 Å². The molecule has 0 aliphatic carbocycles. The third kappa shape index (κ3) is 3.57. The van der Waals surface area contributed by atoms with E-state index in [1.54, 1.807) is 24.3 Å². The number of hydrogen-bond donors (Lipinski definition) is 2. The maximum absolute atomic E-state index is 12.8. The molecule has 1 heterocycles. The van der Waals surface area contributed by atoms with Crippen LogP contribution in [0.5, 0.6) is 0 Å². The number of hydrogen-bond acceptors (Lipinski definition) is 4. The molecule has 1 fully saturated rings. The number of carbonyl (C=O) groups excluding carboxylic acids is 2. The lowest BCUT2D eigenvalue weighted by Crippen LogP contribution is -2.49. The van der Waals surface area contributed by atoms with Gasteiger partial charge in [0.25, 0.3) is 5.91 Å². The van der Waals surface area contributed by atoms with Gasteiger partial charge in [0.15, 0.2) is 6.29 Å². The van der Waals surface area contributed by atoms with Crippen LogP contribution in [0.25, 0.3) is 10.8 Å². The van der Waals surface area contributed by atoms with Gasteiger partial charge in [-0.25, -0.2) is 0 Å². The summed E-state index contributed by atoms with van der Waals surface area (Å²) < 4.78 is 0. The van der Waals surface area contributed by atoms with Gasteiger partial charge in [-0.1, -0.05) is 42.5 Å². The van der Waals surface area contributed by atoms with Gasteiger partial charge >= 0.3 is 0 Å². The van der Waals surface area contributed by atoms with E-state index in [4.69, 9.17) is 11.1 Å². The summed E-state index contributed by atoms with van der Waals surface area (Å²) in [6.45, 7) is 2.49. The first-order valence-corrected chi connectivity index (χ1v) is 9.54. The summed E-state index contributed by atoms with van der Waals surface area (Å²) >= 11 is 0. The number of nitrogens with one attached hydrogen (secondary N) is 1. The number of piperazine rings is 1. The van der Waals surface area contributed by atoms with Crippen LogP contribution in [0.15, 0.2) is 60.7 Å². The third-order valence-corrected chi connectivity index (χ3v) is 5.42. The molecule has 3 aromatic carbocycles. The third-order valence-electron chi connectivity index (χ3n) is 5.42. The molecule has 0 bridgehead atoms. The van der Waals surface area contributed by atoms with E-state index in [1.807, 2.05) is 41.3 Å². The standard InChI is InChI=1S/C23H22N4O2/c24-22(25)17-5-7-18(8-6-17)23(29)27-13-11-26(12-14-27)21-10-9-16-3-1-2-4-19(16)20(21)15-28/h1-10,15H,11-14H2,(H3,24,25). The Morgan fingerprint density at radius 2 is 1.55 bits per heavy atom. The van der Waals surface area contributed by atoms with E-state index < -0.39 is 0 Å². The lowest BCUT2D eigenvalue weighted by Gasteiger charge is -2.37. The fraction of sp³-hybridized carbons (Fsp3) is 0.174. The Morgan fingerprint density at radius 3 is 2.21 bits per heavy atom. The molecule has 0 unspecified atom stereocenters. The molecule has 146 valence electrons. The van der Waals surface area contributed by atoms with Crippen LogP contribution in [-0.2, 0) is 0 Å². The Balaban J connectivity index is 1.49. The number of nitrogens with zero attached hydrogens (tertiary/aromatic N) is 2. The predicted molar refractivity (Wildman–Crippen MR) is 115 cm³/mol. The molecule has 1 amide bonds. The van der Waals surface area contributed by atoms with Crippen LogP contribution in [0, 0.1) is 5.41 Å². The van der Waals surface area contributed by atoms with Gasteiger partial charge in [-0.15, -0.1) is 0 Å². The van der Waals surface area contributed by atoms with Crippen LogP contribution in [-0.4, -0.2) is 49.1 Å². The van der Waals surface area contributed by atoms with Gasteiger partial charge in [-0.05, 0) is 29.0 Å². The molecule has 0 atom stereocenters. The van der Waals surface area contributed by atoms with E-state index in [2.05, 4.69) is 4.90 Å². The maximum Gasteiger partial charge on any atom is 0.253 e. The summed E-state index contributed by atoms with van der Waals surface area (Å²) in [5, 5.41) is 9.44. The predicted octanol–water partition coefficient (Wildman–Crippen LogP) is 2.90. The largest absolute Gasteiger partial charge is 0.384 e. The Bertz CT molecular complexity index is 1080. The minimum Gasteiger partial charge on any atom is -0.384 e. The minimum atomic E-state index is -0.0334. The summed E-state index contributed by atoms with van der Waals surface area (Å²) in [5.41, 5.74) is 8.27. The van der Waals surface area contributed by atoms with Gasteiger partial charge in [-0.2, -0.15) is 0 Å². The lowest BCUT2D eigenvalue weighted by atomic mass is 10.0. The van der Waals surface area contributed by atoms with Crippen LogP contribution in [0.4, 0.5) is 5.69 Å². The van der Waals surface area contributed by atoms with Crippen molar-refractivity contribution in [2.75, 3.05) is 31.1 Å². The first-order valence-electron chi connectivity index (χ1n) is 9.54. The van der Waals surface area contributed by atoms with Gasteiger partial charge < -0.3 is 15.5 Å². The highest BCUT2D eigenvalue weighted by Gasteiger charge is 2.24. The highest BCUT2D eigenvalue weighted by molar-refractivity contribution is 6.04. The maximum atomic E-state index is 12.8. The normalized spacial score (nSPS) is 14.1. The van der Waals surface area contributed by atoms with Crippen molar-refractivity contribution < 1.29 is 9.59 Å². The number of carbonyl (C=O) groups is 2. The van der Waals surface area contributed by atoms with Crippen molar-refractivity contribution in [3.63, 3.8) is 0 Å². The fourth-order valence-electron chi connectivity index (χ4n) is 3.81. The fourth-order valence-corrected chi connectivity index (χ4v) is 3.81. The zero-order valence-corrected chi connectivity index (χ0v) is 16.0. The molecule has 1 aliphatic heterocycles. The molecule has 0 radical (unpaired) electrons. The average Bonchev–Trinajstić information content (AvgIpc) is 2.78. The number of aldehydes is 1. The molecule has 6 nitrogen and oxygen atoms in total. The number of nitrogen functional groups attached to an aromatic ring is 1. The Kier molecular flexibility index (Phi) is 4.99. The van der Waals surface area contributed by atoms with E-state index in [1.165, 1.54) is 0 Å². The number of nitrogens with two attached hydrogens (primary N) is 1. The minimum absolute atomic E-state index is 0.0148. The number of benzene rings is 3. The van der Waals surface area contributed by atoms with Crippen LogP contribution in [0.3, 0.4) is 0 Å².